The largest absolute Gasteiger partial charge is 0.381 e. The summed E-state index contributed by atoms with van der Waals surface area (Å²) >= 11 is 6.28. The van der Waals surface area contributed by atoms with Crippen molar-refractivity contribution in [1.29, 1.82) is 0 Å². The zero-order valence-corrected chi connectivity index (χ0v) is 23.4. The number of amides is 1. The second-order valence-corrected chi connectivity index (χ2v) is 15.2. The number of hydrogen-bond acceptors (Lipinski definition) is 4. The maximum absolute atomic E-state index is 16.2. The molecule has 0 aromatic carbocycles. The van der Waals surface area contributed by atoms with Crippen molar-refractivity contribution in [2.45, 2.75) is 131 Å². The minimum Gasteiger partial charge on any atom is -0.381 e. The maximum Gasteiger partial charge on any atom is 0.226 e. The molecule has 1 saturated heterocycles. The Hall–Kier alpha value is -0.410. The molecule has 2 N–H and O–H groups in total. The Balaban J connectivity index is 1.35. The fourth-order valence-electron chi connectivity index (χ4n) is 7.67. The van der Waals surface area contributed by atoms with E-state index in [4.69, 9.17) is 16.3 Å². The summed E-state index contributed by atoms with van der Waals surface area (Å²) in [6.45, 7) is 0.883. The van der Waals surface area contributed by atoms with Crippen LogP contribution in [0.2, 0.25) is 0 Å². The second kappa shape index (κ2) is 11.6. The zero-order chi connectivity index (χ0) is 26.2. The van der Waals surface area contributed by atoms with Crippen LogP contribution in [0.3, 0.4) is 0 Å². The minimum absolute atomic E-state index is 0.0158. The van der Waals surface area contributed by atoms with E-state index in [0.29, 0.717) is 82.3 Å². The van der Waals surface area contributed by atoms with Gasteiger partial charge in [-0.2, -0.15) is 10.6 Å². The first-order chi connectivity index (χ1) is 17.7. The van der Waals surface area contributed by atoms with Crippen LogP contribution in [0.1, 0.15) is 96.3 Å². The van der Waals surface area contributed by atoms with E-state index in [1.807, 2.05) is 11.0 Å². The molecule has 5 aliphatic rings. The lowest BCUT2D eigenvalue weighted by Crippen LogP contribution is -2.59. The number of halogens is 3. The highest BCUT2D eigenvalue weighted by atomic mass is 35.5. The summed E-state index contributed by atoms with van der Waals surface area (Å²) in [4.78, 5) is 16.2. The molecule has 4 fully saturated rings. The molecule has 1 aliphatic heterocycles. The van der Waals surface area contributed by atoms with Crippen LogP contribution in [0, 0.1) is 11.8 Å². The fraction of sp³-hybridized carbons (Fsp3) is 0.893. The van der Waals surface area contributed by atoms with Crippen LogP contribution in [0.5, 0.6) is 0 Å². The summed E-state index contributed by atoms with van der Waals surface area (Å²) in [6.07, 6.45) is 9.05. The molecule has 5 nitrogen and oxygen atoms in total. The van der Waals surface area contributed by atoms with E-state index in [2.05, 4.69) is 0 Å². The topological polar surface area (TPSA) is 70.0 Å². The fourth-order valence-corrected chi connectivity index (χ4v) is 10.5. The molecule has 0 spiro atoms. The molecule has 6 unspecified atom stereocenters. The van der Waals surface area contributed by atoms with Crippen LogP contribution < -0.4 is 0 Å². The van der Waals surface area contributed by atoms with Gasteiger partial charge in [0.05, 0.1) is 10.8 Å². The summed E-state index contributed by atoms with van der Waals surface area (Å²) in [6, 6.07) is -0.445. The lowest BCUT2D eigenvalue weighted by atomic mass is 9.72. The van der Waals surface area contributed by atoms with Gasteiger partial charge in [0, 0.05) is 35.5 Å². The minimum atomic E-state index is -3.15. The van der Waals surface area contributed by atoms with Gasteiger partial charge in [-0.25, -0.2) is 8.78 Å². The molecule has 37 heavy (non-hydrogen) atoms. The van der Waals surface area contributed by atoms with Crippen LogP contribution >= 0.6 is 22.2 Å². The van der Waals surface area contributed by atoms with Gasteiger partial charge in [0.2, 0.25) is 5.91 Å². The van der Waals surface area contributed by atoms with Gasteiger partial charge in [0.15, 0.2) is 0 Å². The molecule has 6 atom stereocenters. The Labute approximate surface area is 227 Å². The Bertz CT molecular complexity index is 850. The lowest BCUT2D eigenvalue weighted by molar-refractivity contribution is -0.148. The van der Waals surface area contributed by atoms with Gasteiger partial charge < -0.3 is 9.64 Å². The third-order valence-corrected chi connectivity index (χ3v) is 13.5. The van der Waals surface area contributed by atoms with Crippen LogP contribution in [0.15, 0.2) is 11.0 Å². The number of carbonyl (C=O) groups excluding carboxylic acids is 1. The van der Waals surface area contributed by atoms with Crippen LogP contribution in [0.25, 0.3) is 0 Å². The van der Waals surface area contributed by atoms with Gasteiger partial charge in [-0.3, -0.25) is 13.9 Å². The smallest absolute Gasteiger partial charge is 0.226 e. The maximum atomic E-state index is 16.2. The van der Waals surface area contributed by atoms with Gasteiger partial charge in [-0.1, -0.05) is 6.08 Å². The molecule has 9 heteroatoms. The molecule has 0 bridgehead atoms. The quantitative estimate of drug-likeness (QED) is 0.331. The number of ether oxygens (including phenoxy) is 1. The molecule has 212 valence electrons. The third kappa shape index (κ3) is 5.48. The Morgan fingerprint density at radius 2 is 1.76 bits per heavy atom. The van der Waals surface area contributed by atoms with Crippen LogP contribution in [0.4, 0.5) is 8.78 Å². The second-order valence-electron chi connectivity index (χ2n) is 12.2. The molecule has 0 aromatic heterocycles. The average Bonchev–Trinajstić information content (AvgIpc) is 2.86. The van der Waals surface area contributed by atoms with E-state index < -0.39 is 33.7 Å². The molecule has 0 aromatic rings. The highest BCUT2D eigenvalue weighted by Gasteiger charge is 2.55. The first kappa shape index (κ1) is 28.1. The molecular weight excluding hydrogens is 520 g/mol. The number of alkyl halides is 3. The van der Waals surface area contributed by atoms with E-state index >= 15 is 4.39 Å². The standard InChI is InChI=1S/C28H44ClF2NO4S/c29-21-8-10-24(11-9-21)37(34,35)28(13-15-36-16-14-28)20-7-12-26(25(31)18-20)32(23-5-2-6-23)27(33)19-3-1-4-22(30)17-19/h10,19-23,25-26,34-35H,1-9,11-18H2. The first-order valence-corrected chi connectivity index (χ1v) is 16.5. The molecular formula is C28H44ClF2NO4S. The molecule has 4 aliphatic carbocycles. The van der Waals surface area contributed by atoms with Crippen molar-refractivity contribution in [1.82, 2.24) is 4.90 Å². The Morgan fingerprint density at radius 1 is 1.03 bits per heavy atom. The van der Waals surface area contributed by atoms with Crippen molar-refractivity contribution >= 4 is 28.1 Å². The number of hydrogen-bond donors (Lipinski definition) is 2. The summed E-state index contributed by atoms with van der Waals surface area (Å²) in [7, 11) is -3.15. The highest BCUT2D eigenvalue weighted by Crippen LogP contribution is 2.68. The molecule has 1 heterocycles. The van der Waals surface area contributed by atoms with E-state index in [0.717, 1.165) is 19.3 Å². The molecule has 5 rings (SSSR count). The molecule has 0 radical (unpaired) electrons. The van der Waals surface area contributed by atoms with E-state index in [1.165, 1.54) is 0 Å². The lowest BCUT2D eigenvalue weighted by Gasteiger charge is -2.59. The average molecular weight is 564 g/mol. The predicted octanol–water partition coefficient (Wildman–Crippen LogP) is 7.38. The van der Waals surface area contributed by atoms with Crippen molar-refractivity contribution in [3.8, 4) is 0 Å². The number of rotatable bonds is 6. The van der Waals surface area contributed by atoms with Gasteiger partial charge in [-0.15, -0.1) is 11.6 Å². The van der Waals surface area contributed by atoms with Crippen LogP contribution in [-0.4, -0.2) is 67.7 Å². The summed E-state index contributed by atoms with van der Waals surface area (Å²) in [5.74, 6) is -0.580. The Kier molecular flexibility index (Phi) is 8.82. The van der Waals surface area contributed by atoms with Gasteiger partial charge >= 0.3 is 0 Å². The number of nitrogens with zero attached hydrogens (tertiary/aromatic N) is 1. The van der Waals surface area contributed by atoms with Crippen molar-refractivity contribution in [2.24, 2.45) is 11.8 Å². The van der Waals surface area contributed by atoms with Gasteiger partial charge in [-0.05, 0) is 102 Å². The SMILES string of the molecule is O=C(C1CCCC(F)C1)N(C1CCC1)C1CCC(C2(S(O)(O)C3=CCC(Cl)CC3)CCOCC2)CC1F. The van der Waals surface area contributed by atoms with E-state index in [-0.39, 0.29) is 42.0 Å². The monoisotopic (exact) mass is 563 g/mol. The molecule has 3 saturated carbocycles. The van der Waals surface area contributed by atoms with E-state index in [1.54, 1.807) is 0 Å². The van der Waals surface area contributed by atoms with Crippen LogP contribution in [-0.2, 0) is 9.53 Å². The van der Waals surface area contributed by atoms with Crippen molar-refractivity contribution < 1.29 is 27.4 Å². The molecule has 1 amide bonds. The Morgan fingerprint density at radius 3 is 2.35 bits per heavy atom. The number of carbonyl (C=O) groups is 1. The van der Waals surface area contributed by atoms with Crippen molar-refractivity contribution in [2.75, 3.05) is 13.2 Å². The van der Waals surface area contributed by atoms with Crippen molar-refractivity contribution in [3.05, 3.63) is 11.0 Å². The predicted molar refractivity (Wildman–Crippen MR) is 145 cm³/mol. The zero-order valence-electron chi connectivity index (χ0n) is 21.8. The first-order valence-electron chi connectivity index (χ1n) is 14.5. The summed E-state index contributed by atoms with van der Waals surface area (Å²) < 4.78 is 58.7. The summed E-state index contributed by atoms with van der Waals surface area (Å²) in [5.41, 5.74) is 0. The number of allylic oxidation sites excluding steroid dienone is 2. The van der Waals surface area contributed by atoms with Gasteiger partial charge in [0.25, 0.3) is 0 Å². The summed E-state index contributed by atoms with van der Waals surface area (Å²) in [5, 5.41) is 0.0158. The van der Waals surface area contributed by atoms with Gasteiger partial charge in [0.1, 0.15) is 12.3 Å². The normalized spacial score (nSPS) is 37.8. The highest BCUT2D eigenvalue weighted by molar-refractivity contribution is 8.28. The van der Waals surface area contributed by atoms with E-state index in [9.17, 15) is 18.3 Å². The third-order valence-electron chi connectivity index (χ3n) is 10.1. The van der Waals surface area contributed by atoms with Crippen molar-refractivity contribution in [3.63, 3.8) is 0 Å².